The molecular formula is C22H28N2O3. The number of rotatable bonds is 10. The van der Waals surface area contributed by atoms with E-state index in [-0.39, 0.29) is 18.6 Å². The molecule has 0 aliphatic carbocycles. The molecule has 2 rings (SSSR count). The highest BCUT2D eigenvalue weighted by Crippen LogP contribution is 2.28. The molecule has 0 aliphatic heterocycles. The molecule has 0 aliphatic rings. The van der Waals surface area contributed by atoms with Crippen LogP contribution < -0.4 is 14.8 Å². The van der Waals surface area contributed by atoms with Crippen LogP contribution >= 0.6 is 0 Å². The van der Waals surface area contributed by atoms with Gasteiger partial charge in [0.15, 0.2) is 18.1 Å². The minimum absolute atomic E-state index is 0.0634. The SMILES string of the molecule is C=CCc1ccc(OCC(=O)NCC(c2ccccc2)N(C)C)c(OC)c1. The summed E-state index contributed by atoms with van der Waals surface area (Å²) in [6.45, 7) is 4.18. The molecule has 5 nitrogen and oxygen atoms in total. The quantitative estimate of drug-likeness (QED) is 0.654. The number of benzene rings is 2. The Bertz CT molecular complexity index is 744. The second-order valence-corrected chi connectivity index (χ2v) is 6.46. The number of nitrogens with one attached hydrogen (secondary N) is 1. The summed E-state index contributed by atoms with van der Waals surface area (Å²) in [5.74, 6) is 0.986. The summed E-state index contributed by atoms with van der Waals surface area (Å²) in [4.78, 5) is 14.3. The van der Waals surface area contributed by atoms with E-state index in [4.69, 9.17) is 9.47 Å². The predicted octanol–water partition coefficient (Wildman–Crippen LogP) is 3.22. The average molecular weight is 368 g/mol. The van der Waals surface area contributed by atoms with E-state index < -0.39 is 0 Å². The molecule has 1 N–H and O–H groups in total. The minimum atomic E-state index is -0.171. The second-order valence-electron chi connectivity index (χ2n) is 6.46. The standard InChI is InChI=1S/C22H28N2O3/c1-5-9-17-12-13-20(21(14-17)26-4)27-16-22(25)23-15-19(24(2)3)18-10-7-6-8-11-18/h5-8,10-14,19H,1,9,15-16H2,2-4H3,(H,23,25). The van der Waals surface area contributed by atoms with E-state index in [1.165, 1.54) is 0 Å². The average Bonchev–Trinajstić information content (AvgIpc) is 2.67. The van der Waals surface area contributed by atoms with Crippen molar-refractivity contribution in [3.63, 3.8) is 0 Å². The molecule has 144 valence electrons. The van der Waals surface area contributed by atoms with Gasteiger partial charge in [-0.3, -0.25) is 4.79 Å². The highest BCUT2D eigenvalue weighted by atomic mass is 16.5. The van der Waals surface area contributed by atoms with Crippen molar-refractivity contribution in [3.05, 3.63) is 72.3 Å². The van der Waals surface area contributed by atoms with Gasteiger partial charge in [0.1, 0.15) is 0 Å². The first-order chi connectivity index (χ1) is 13.0. The molecule has 1 amide bonds. The number of carbonyl (C=O) groups excluding carboxylic acids is 1. The highest BCUT2D eigenvalue weighted by Gasteiger charge is 2.15. The third-order valence-corrected chi connectivity index (χ3v) is 4.27. The van der Waals surface area contributed by atoms with Crippen LogP contribution in [0.3, 0.4) is 0 Å². The maximum atomic E-state index is 12.2. The summed E-state index contributed by atoms with van der Waals surface area (Å²) >= 11 is 0. The number of allylic oxidation sites excluding steroid dienone is 1. The van der Waals surface area contributed by atoms with Gasteiger partial charge >= 0.3 is 0 Å². The van der Waals surface area contributed by atoms with Crippen molar-refractivity contribution in [1.82, 2.24) is 10.2 Å². The summed E-state index contributed by atoms with van der Waals surface area (Å²) in [7, 11) is 5.58. The Morgan fingerprint density at radius 3 is 2.56 bits per heavy atom. The lowest BCUT2D eigenvalue weighted by Gasteiger charge is -2.25. The smallest absolute Gasteiger partial charge is 0.258 e. The Morgan fingerprint density at radius 2 is 1.93 bits per heavy atom. The first kappa shape index (κ1) is 20.5. The first-order valence-electron chi connectivity index (χ1n) is 8.93. The van der Waals surface area contributed by atoms with E-state index in [0.717, 1.165) is 17.5 Å². The van der Waals surface area contributed by atoms with E-state index in [9.17, 15) is 4.79 Å². The number of likely N-dealkylation sites (N-methyl/N-ethyl adjacent to an activating group) is 1. The summed E-state index contributed by atoms with van der Waals surface area (Å²) in [6.07, 6.45) is 2.58. The van der Waals surface area contributed by atoms with Crippen molar-refractivity contribution in [3.8, 4) is 11.5 Å². The number of carbonyl (C=O) groups is 1. The van der Waals surface area contributed by atoms with Gasteiger partial charge in [-0.05, 0) is 43.8 Å². The maximum absolute atomic E-state index is 12.2. The molecule has 0 radical (unpaired) electrons. The molecule has 27 heavy (non-hydrogen) atoms. The van der Waals surface area contributed by atoms with Gasteiger partial charge in [-0.1, -0.05) is 42.5 Å². The molecule has 2 aromatic carbocycles. The molecule has 0 saturated carbocycles. The summed E-state index contributed by atoms with van der Waals surface area (Å²) in [6, 6.07) is 15.8. The number of ether oxygens (including phenoxy) is 2. The van der Waals surface area contributed by atoms with E-state index in [1.54, 1.807) is 7.11 Å². The van der Waals surface area contributed by atoms with Gasteiger partial charge in [0.2, 0.25) is 0 Å². The number of methoxy groups -OCH3 is 1. The zero-order chi connectivity index (χ0) is 19.6. The van der Waals surface area contributed by atoms with Gasteiger partial charge in [0.05, 0.1) is 13.2 Å². The Hall–Kier alpha value is -2.79. The fourth-order valence-electron chi connectivity index (χ4n) is 2.80. The van der Waals surface area contributed by atoms with Crippen LogP contribution in [0.25, 0.3) is 0 Å². The van der Waals surface area contributed by atoms with Gasteiger partial charge in [0, 0.05) is 6.54 Å². The van der Waals surface area contributed by atoms with E-state index in [0.29, 0.717) is 18.0 Å². The monoisotopic (exact) mass is 368 g/mol. The highest BCUT2D eigenvalue weighted by molar-refractivity contribution is 5.77. The van der Waals surface area contributed by atoms with Gasteiger partial charge in [0.25, 0.3) is 5.91 Å². The van der Waals surface area contributed by atoms with Crippen molar-refractivity contribution < 1.29 is 14.3 Å². The number of nitrogens with zero attached hydrogens (tertiary/aromatic N) is 1. The molecule has 5 heteroatoms. The predicted molar refractivity (Wildman–Crippen MR) is 108 cm³/mol. The molecular weight excluding hydrogens is 340 g/mol. The molecule has 0 heterocycles. The first-order valence-corrected chi connectivity index (χ1v) is 8.93. The maximum Gasteiger partial charge on any atom is 0.258 e. The van der Waals surface area contributed by atoms with E-state index >= 15 is 0 Å². The van der Waals surface area contributed by atoms with Crippen molar-refractivity contribution >= 4 is 5.91 Å². The van der Waals surface area contributed by atoms with Crippen LogP contribution in [0.5, 0.6) is 11.5 Å². The van der Waals surface area contributed by atoms with Gasteiger partial charge in [-0.25, -0.2) is 0 Å². The number of hydrogen-bond donors (Lipinski definition) is 1. The third-order valence-electron chi connectivity index (χ3n) is 4.27. The molecule has 0 fully saturated rings. The summed E-state index contributed by atoms with van der Waals surface area (Å²) < 4.78 is 11.0. The van der Waals surface area contributed by atoms with Crippen LogP contribution in [0, 0.1) is 0 Å². The van der Waals surface area contributed by atoms with E-state index in [2.05, 4.69) is 28.9 Å². The third kappa shape index (κ3) is 6.15. The Kier molecular flexibility index (Phi) is 7.89. The van der Waals surface area contributed by atoms with Crippen molar-refractivity contribution in [2.75, 3.05) is 34.4 Å². The van der Waals surface area contributed by atoms with Crippen molar-refractivity contribution in [2.45, 2.75) is 12.5 Å². The lowest BCUT2D eigenvalue weighted by Crippen LogP contribution is -2.36. The minimum Gasteiger partial charge on any atom is -0.493 e. The summed E-state index contributed by atoms with van der Waals surface area (Å²) in [5, 5.41) is 2.94. The van der Waals surface area contributed by atoms with E-state index in [1.807, 2.05) is 56.6 Å². The zero-order valence-corrected chi connectivity index (χ0v) is 16.3. The van der Waals surface area contributed by atoms with Crippen LogP contribution in [0.4, 0.5) is 0 Å². The van der Waals surface area contributed by atoms with Crippen LogP contribution in [0.1, 0.15) is 17.2 Å². The van der Waals surface area contributed by atoms with Gasteiger partial charge in [-0.2, -0.15) is 0 Å². The lowest BCUT2D eigenvalue weighted by molar-refractivity contribution is -0.123. The van der Waals surface area contributed by atoms with Crippen LogP contribution in [0.2, 0.25) is 0 Å². The van der Waals surface area contributed by atoms with Crippen molar-refractivity contribution in [1.29, 1.82) is 0 Å². The number of hydrogen-bond acceptors (Lipinski definition) is 4. The normalized spacial score (nSPS) is 11.7. The molecule has 0 spiro atoms. The summed E-state index contributed by atoms with van der Waals surface area (Å²) in [5.41, 5.74) is 2.23. The Labute approximate surface area is 161 Å². The fraction of sp³-hybridized carbons (Fsp3) is 0.318. The van der Waals surface area contributed by atoms with Crippen molar-refractivity contribution in [2.24, 2.45) is 0 Å². The molecule has 1 atom stereocenters. The van der Waals surface area contributed by atoms with Crippen LogP contribution in [0.15, 0.2) is 61.2 Å². The molecule has 0 saturated heterocycles. The molecule has 2 aromatic rings. The largest absolute Gasteiger partial charge is 0.493 e. The molecule has 0 aromatic heterocycles. The van der Waals surface area contributed by atoms with Crippen LogP contribution in [-0.2, 0) is 11.2 Å². The molecule has 1 unspecified atom stereocenters. The van der Waals surface area contributed by atoms with Gasteiger partial charge < -0.3 is 19.7 Å². The van der Waals surface area contributed by atoms with Crippen LogP contribution in [-0.4, -0.2) is 45.2 Å². The Balaban J connectivity index is 1.91. The Morgan fingerprint density at radius 1 is 1.19 bits per heavy atom. The lowest BCUT2D eigenvalue weighted by atomic mass is 10.1. The molecule has 0 bridgehead atoms. The zero-order valence-electron chi connectivity index (χ0n) is 16.3. The fourth-order valence-corrected chi connectivity index (χ4v) is 2.80. The number of amides is 1. The topological polar surface area (TPSA) is 50.8 Å². The second kappa shape index (κ2) is 10.4. The van der Waals surface area contributed by atoms with Gasteiger partial charge in [-0.15, -0.1) is 6.58 Å².